The van der Waals surface area contributed by atoms with Crippen molar-refractivity contribution in [3.8, 4) is 11.4 Å². The number of hydrogen-bond donors (Lipinski definition) is 1. The van der Waals surface area contributed by atoms with Crippen molar-refractivity contribution in [2.45, 2.75) is 13.0 Å². The molecule has 5 nitrogen and oxygen atoms in total. The molecule has 2 rings (SSSR count). The van der Waals surface area contributed by atoms with Gasteiger partial charge in [0.2, 0.25) is 0 Å². The molecule has 0 spiro atoms. The van der Waals surface area contributed by atoms with E-state index in [4.69, 9.17) is 28.9 Å². The fourth-order valence-electron chi connectivity index (χ4n) is 1.49. The van der Waals surface area contributed by atoms with E-state index in [9.17, 15) is 0 Å². The molecule has 2 aromatic rings. The summed E-state index contributed by atoms with van der Waals surface area (Å²) in [6.45, 7) is 1.26. The van der Waals surface area contributed by atoms with Gasteiger partial charge in [-0.15, -0.1) is 5.10 Å². The molecule has 0 aliphatic carbocycles. The molecule has 2 N–H and O–H groups in total. The van der Waals surface area contributed by atoms with E-state index in [2.05, 4.69) is 15.5 Å². The lowest BCUT2D eigenvalue weighted by molar-refractivity contribution is 0.568. The maximum absolute atomic E-state index is 5.94. The van der Waals surface area contributed by atoms with E-state index in [1.807, 2.05) is 0 Å². The number of rotatable bonds is 4. The number of hydrogen-bond acceptors (Lipinski definition) is 4. The zero-order valence-electron chi connectivity index (χ0n) is 8.98. The highest BCUT2D eigenvalue weighted by molar-refractivity contribution is 6.35. The molecule has 0 aliphatic rings. The lowest BCUT2D eigenvalue weighted by Gasteiger charge is -2.04. The van der Waals surface area contributed by atoms with Crippen LogP contribution in [0.4, 0.5) is 0 Å². The molecule has 0 unspecified atom stereocenters. The molecule has 17 heavy (non-hydrogen) atoms. The van der Waals surface area contributed by atoms with Crippen LogP contribution in [0.3, 0.4) is 0 Å². The summed E-state index contributed by atoms with van der Waals surface area (Å²) in [4.78, 5) is 0. The van der Waals surface area contributed by atoms with Crippen molar-refractivity contribution in [3.05, 3.63) is 28.2 Å². The number of nitrogens with two attached hydrogens (primary N) is 1. The summed E-state index contributed by atoms with van der Waals surface area (Å²) in [6.07, 6.45) is 0.812. The van der Waals surface area contributed by atoms with Crippen LogP contribution >= 0.6 is 23.2 Å². The van der Waals surface area contributed by atoms with E-state index in [0.29, 0.717) is 29.0 Å². The molecule has 1 aromatic carbocycles. The van der Waals surface area contributed by atoms with Gasteiger partial charge in [-0.25, -0.2) is 4.68 Å². The molecule has 0 fully saturated rings. The Kier molecular flexibility index (Phi) is 3.93. The molecule has 0 amide bonds. The third-order valence-electron chi connectivity index (χ3n) is 2.23. The summed E-state index contributed by atoms with van der Waals surface area (Å²) >= 11 is 11.9. The van der Waals surface area contributed by atoms with Crippen LogP contribution in [0.15, 0.2) is 18.2 Å². The topological polar surface area (TPSA) is 69.6 Å². The van der Waals surface area contributed by atoms with Gasteiger partial charge >= 0.3 is 0 Å². The standard InChI is InChI=1S/C10H11Cl2N5/c11-8-4-7(5-9(12)6-8)10-14-15-16-17(10)3-1-2-13/h4-6H,1-3,13H2. The number of tetrazole rings is 1. The quantitative estimate of drug-likeness (QED) is 0.924. The van der Waals surface area contributed by atoms with E-state index in [1.54, 1.807) is 22.9 Å². The van der Waals surface area contributed by atoms with Crippen LogP contribution in [0.25, 0.3) is 11.4 Å². The predicted octanol–water partition coefficient (Wildman–Crippen LogP) is 2.00. The second-order valence-electron chi connectivity index (χ2n) is 3.53. The summed E-state index contributed by atoms with van der Waals surface area (Å²) in [5.74, 6) is 0.642. The zero-order valence-corrected chi connectivity index (χ0v) is 10.5. The summed E-state index contributed by atoms with van der Waals surface area (Å²) in [7, 11) is 0. The molecule has 1 aromatic heterocycles. The van der Waals surface area contributed by atoms with Crippen LogP contribution in [0, 0.1) is 0 Å². The fraction of sp³-hybridized carbons (Fsp3) is 0.300. The summed E-state index contributed by atoms with van der Waals surface area (Å²) < 4.78 is 1.69. The minimum atomic E-state index is 0.556. The lowest BCUT2D eigenvalue weighted by atomic mass is 10.2. The first kappa shape index (κ1) is 12.3. The average Bonchev–Trinajstić information content (AvgIpc) is 2.73. The Morgan fingerprint density at radius 2 is 1.88 bits per heavy atom. The van der Waals surface area contributed by atoms with Crippen molar-refractivity contribution in [2.24, 2.45) is 5.73 Å². The number of aryl methyl sites for hydroxylation is 1. The maximum Gasteiger partial charge on any atom is 0.182 e. The number of aromatic nitrogens is 4. The first-order valence-electron chi connectivity index (χ1n) is 5.13. The summed E-state index contributed by atoms with van der Waals surface area (Å²) in [5.41, 5.74) is 6.25. The van der Waals surface area contributed by atoms with Crippen LogP contribution in [0.2, 0.25) is 10.0 Å². The Balaban J connectivity index is 2.35. The van der Waals surface area contributed by atoms with Crippen molar-refractivity contribution in [1.82, 2.24) is 20.2 Å². The van der Waals surface area contributed by atoms with Crippen LogP contribution in [0.1, 0.15) is 6.42 Å². The van der Waals surface area contributed by atoms with Gasteiger partial charge in [-0.3, -0.25) is 0 Å². The van der Waals surface area contributed by atoms with Crippen LogP contribution in [-0.4, -0.2) is 26.8 Å². The van der Waals surface area contributed by atoms with Crippen molar-refractivity contribution < 1.29 is 0 Å². The van der Waals surface area contributed by atoms with Crippen molar-refractivity contribution in [1.29, 1.82) is 0 Å². The molecular weight excluding hydrogens is 261 g/mol. The van der Waals surface area contributed by atoms with E-state index in [0.717, 1.165) is 12.0 Å². The smallest absolute Gasteiger partial charge is 0.182 e. The van der Waals surface area contributed by atoms with Gasteiger partial charge in [0.05, 0.1) is 0 Å². The minimum absolute atomic E-state index is 0.556. The third kappa shape index (κ3) is 2.94. The second kappa shape index (κ2) is 5.44. The Morgan fingerprint density at radius 1 is 1.18 bits per heavy atom. The van der Waals surface area contributed by atoms with Crippen LogP contribution < -0.4 is 5.73 Å². The second-order valence-corrected chi connectivity index (χ2v) is 4.40. The lowest BCUT2D eigenvalue weighted by Crippen LogP contribution is -2.08. The monoisotopic (exact) mass is 271 g/mol. The average molecular weight is 272 g/mol. The predicted molar refractivity (Wildman–Crippen MR) is 66.9 cm³/mol. The maximum atomic E-state index is 5.94. The fourth-order valence-corrected chi connectivity index (χ4v) is 2.01. The van der Waals surface area contributed by atoms with Gasteiger partial charge in [-0.1, -0.05) is 23.2 Å². The van der Waals surface area contributed by atoms with Crippen molar-refractivity contribution in [3.63, 3.8) is 0 Å². The minimum Gasteiger partial charge on any atom is -0.330 e. The highest BCUT2D eigenvalue weighted by atomic mass is 35.5. The third-order valence-corrected chi connectivity index (χ3v) is 2.66. The Labute approximate surface area is 109 Å². The molecule has 0 radical (unpaired) electrons. The molecule has 0 atom stereocenters. The zero-order chi connectivity index (χ0) is 12.3. The Hall–Kier alpha value is -1.17. The van der Waals surface area contributed by atoms with Gasteiger partial charge in [-0.05, 0) is 41.6 Å². The van der Waals surface area contributed by atoms with Crippen molar-refractivity contribution >= 4 is 23.2 Å². The molecule has 0 saturated carbocycles. The van der Waals surface area contributed by atoms with Gasteiger partial charge in [0.15, 0.2) is 5.82 Å². The number of nitrogens with zero attached hydrogens (tertiary/aromatic N) is 4. The summed E-state index contributed by atoms with van der Waals surface area (Å²) in [5, 5.41) is 12.6. The normalized spacial score (nSPS) is 10.8. The number of benzene rings is 1. The molecular formula is C10H11Cl2N5. The van der Waals surface area contributed by atoms with Gasteiger partial charge in [0.1, 0.15) is 0 Å². The van der Waals surface area contributed by atoms with E-state index in [-0.39, 0.29) is 0 Å². The first-order chi connectivity index (χ1) is 8.20. The number of halogens is 2. The van der Waals surface area contributed by atoms with Crippen LogP contribution in [-0.2, 0) is 6.54 Å². The molecule has 1 heterocycles. The van der Waals surface area contributed by atoms with Gasteiger partial charge in [0.25, 0.3) is 0 Å². The van der Waals surface area contributed by atoms with E-state index in [1.165, 1.54) is 0 Å². The Morgan fingerprint density at radius 3 is 2.53 bits per heavy atom. The molecule has 0 saturated heterocycles. The highest BCUT2D eigenvalue weighted by Gasteiger charge is 2.09. The first-order valence-corrected chi connectivity index (χ1v) is 5.89. The molecule has 0 aliphatic heterocycles. The highest BCUT2D eigenvalue weighted by Crippen LogP contribution is 2.25. The molecule has 90 valence electrons. The Bertz CT molecular complexity index is 491. The molecule has 7 heteroatoms. The van der Waals surface area contributed by atoms with Gasteiger partial charge < -0.3 is 5.73 Å². The molecule has 0 bridgehead atoms. The van der Waals surface area contributed by atoms with Gasteiger partial charge in [0, 0.05) is 22.2 Å². The SMILES string of the molecule is NCCCn1nnnc1-c1cc(Cl)cc(Cl)c1. The largest absolute Gasteiger partial charge is 0.330 e. The van der Waals surface area contributed by atoms with Crippen molar-refractivity contribution in [2.75, 3.05) is 6.54 Å². The van der Waals surface area contributed by atoms with Gasteiger partial charge in [-0.2, -0.15) is 0 Å². The van der Waals surface area contributed by atoms with E-state index < -0.39 is 0 Å². The summed E-state index contributed by atoms with van der Waals surface area (Å²) in [6, 6.07) is 5.22. The van der Waals surface area contributed by atoms with E-state index >= 15 is 0 Å². The van der Waals surface area contributed by atoms with Crippen LogP contribution in [0.5, 0.6) is 0 Å².